The lowest BCUT2D eigenvalue weighted by Gasteiger charge is -2.14. The van der Waals surface area contributed by atoms with Crippen molar-refractivity contribution in [3.05, 3.63) is 98.1 Å². The molecule has 0 radical (unpaired) electrons. The fourth-order valence-electron chi connectivity index (χ4n) is 3.15. The van der Waals surface area contributed by atoms with Crippen LogP contribution in [0.5, 0.6) is 11.5 Å². The molecule has 2 amide bonds. The van der Waals surface area contributed by atoms with Gasteiger partial charge in [0.05, 0.1) is 16.5 Å². The first-order chi connectivity index (χ1) is 16.4. The third kappa shape index (κ3) is 6.00. The number of hydrogen-bond acceptors (Lipinski definition) is 5. The molecule has 0 aliphatic carbocycles. The standard InChI is InChI=1S/C25H18BrClFNO4S/c26-18-7-10-21(33-15-16-5-8-19(28)9-6-16)17(13-18)14-23-24(30)29(25(31)34-23)11-12-32-22-4-2-1-3-20(22)27/h1-10,13-14H,11-12,15H2/b23-14-. The number of hydrogen-bond donors (Lipinski definition) is 0. The summed E-state index contributed by atoms with van der Waals surface area (Å²) in [6, 6.07) is 18.4. The topological polar surface area (TPSA) is 55.8 Å². The first kappa shape index (κ1) is 24.3. The number of para-hydroxylation sites is 1. The summed E-state index contributed by atoms with van der Waals surface area (Å²) in [6.07, 6.45) is 1.63. The smallest absolute Gasteiger partial charge is 0.293 e. The van der Waals surface area contributed by atoms with Gasteiger partial charge in [-0.2, -0.15) is 0 Å². The van der Waals surface area contributed by atoms with Crippen molar-refractivity contribution in [1.29, 1.82) is 0 Å². The molecule has 5 nitrogen and oxygen atoms in total. The van der Waals surface area contributed by atoms with Crippen molar-refractivity contribution in [3.8, 4) is 11.5 Å². The average Bonchev–Trinajstić information content (AvgIpc) is 3.08. The second-order valence-corrected chi connectivity index (χ2v) is 9.53. The second kappa shape index (κ2) is 11.1. The molecular formula is C25H18BrClFNO4S. The predicted molar refractivity (Wildman–Crippen MR) is 134 cm³/mol. The molecule has 1 saturated heterocycles. The number of ether oxygens (including phenoxy) is 2. The highest BCUT2D eigenvalue weighted by molar-refractivity contribution is 9.10. The SMILES string of the molecule is O=C1S/C(=C\c2cc(Br)ccc2OCc2ccc(F)cc2)C(=O)N1CCOc1ccccc1Cl. The molecule has 1 aliphatic rings. The molecule has 3 aromatic rings. The van der Waals surface area contributed by atoms with Gasteiger partial charge < -0.3 is 9.47 Å². The lowest BCUT2D eigenvalue weighted by molar-refractivity contribution is -0.123. The lowest BCUT2D eigenvalue weighted by Crippen LogP contribution is -2.32. The molecule has 1 heterocycles. The minimum atomic E-state index is -0.401. The number of carbonyl (C=O) groups is 2. The first-order valence-corrected chi connectivity index (χ1v) is 12.2. The van der Waals surface area contributed by atoms with Crippen LogP contribution >= 0.6 is 39.3 Å². The van der Waals surface area contributed by atoms with Gasteiger partial charge in [-0.3, -0.25) is 14.5 Å². The van der Waals surface area contributed by atoms with Crippen LogP contribution in [-0.2, 0) is 11.4 Å². The van der Waals surface area contributed by atoms with E-state index in [9.17, 15) is 14.0 Å². The summed E-state index contributed by atoms with van der Waals surface area (Å²) in [5.74, 6) is 0.299. The molecule has 0 unspecified atom stereocenters. The molecule has 9 heteroatoms. The summed E-state index contributed by atoms with van der Waals surface area (Å²) in [4.78, 5) is 26.8. The summed E-state index contributed by atoms with van der Waals surface area (Å²) < 4.78 is 25.4. The molecule has 34 heavy (non-hydrogen) atoms. The van der Waals surface area contributed by atoms with Gasteiger partial charge in [0.1, 0.15) is 30.5 Å². The van der Waals surface area contributed by atoms with Gasteiger partial charge in [0, 0.05) is 10.0 Å². The highest BCUT2D eigenvalue weighted by Crippen LogP contribution is 2.35. The number of thioether (sulfide) groups is 1. The van der Waals surface area contributed by atoms with Gasteiger partial charge in [-0.15, -0.1) is 0 Å². The van der Waals surface area contributed by atoms with E-state index in [2.05, 4.69) is 15.9 Å². The molecule has 0 spiro atoms. The normalized spacial score (nSPS) is 14.7. The number of nitrogens with zero attached hydrogens (tertiary/aromatic N) is 1. The van der Waals surface area contributed by atoms with Crippen molar-refractivity contribution in [2.24, 2.45) is 0 Å². The lowest BCUT2D eigenvalue weighted by atomic mass is 10.1. The molecule has 0 atom stereocenters. The fourth-order valence-corrected chi connectivity index (χ4v) is 4.57. The van der Waals surface area contributed by atoms with Crippen LogP contribution in [0.2, 0.25) is 5.02 Å². The van der Waals surface area contributed by atoms with E-state index in [1.807, 2.05) is 6.07 Å². The number of imide groups is 1. The Labute approximate surface area is 213 Å². The zero-order chi connectivity index (χ0) is 24.1. The molecule has 0 aromatic heterocycles. The Hall–Kier alpha value is -2.81. The molecule has 1 fully saturated rings. The van der Waals surface area contributed by atoms with Gasteiger partial charge in [0.2, 0.25) is 0 Å². The highest BCUT2D eigenvalue weighted by atomic mass is 79.9. The summed E-state index contributed by atoms with van der Waals surface area (Å²) >= 11 is 10.4. The first-order valence-electron chi connectivity index (χ1n) is 10.2. The van der Waals surface area contributed by atoms with E-state index in [1.165, 1.54) is 12.1 Å². The number of rotatable bonds is 8. The van der Waals surface area contributed by atoms with Gasteiger partial charge in [-0.25, -0.2) is 4.39 Å². The Balaban J connectivity index is 1.45. The Bertz CT molecular complexity index is 1250. The number of carbonyl (C=O) groups excluding carboxylic acids is 2. The van der Waals surface area contributed by atoms with E-state index >= 15 is 0 Å². The van der Waals surface area contributed by atoms with Crippen LogP contribution in [-0.4, -0.2) is 29.2 Å². The second-order valence-electron chi connectivity index (χ2n) is 7.21. The summed E-state index contributed by atoms with van der Waals surface area (Å²) in [7, 11) is 0. The van der Waals surface area contributed by atoms with E-state index in [4.69, 9.17) is 21.1 Å². The monoisotopic (exact) mass is 561 g/mol. The third-order valence-electron chi connectivity index (χ3n) is 4.85. The number of halogens is 3. The zero-order valence-electron chi connectivity index (χ0n) is 17.7. The molecule has 4 rings (SSSR count). The van der Waals surface area contributed by atoms with Gasteiger partial charge in [0.15, 0.2) is 0 Å². The van der Waals surface area contributed by atoms with Crippen molar-refractivity contribution in [3.63, 3.8) is 0 Å². The fraction of sp³-hybridized carbons (Fsp3) is 0.120. The van der Waals surface area contributed by atoms with Crippen LogP contribution in [0.4, 0.5) is 9.18 Å². The maximum absolute atomic E-state index is 13.1. The van der Waals surface area contributed by atoms with E-state index in [-0.39, 0.29) is 35.7 Å². The van der Waals surface area contributed by atoms with Crippen molar-refractivity contribution in [1.82, 2.24) is 4.90 Å². The van der Waals surface area contributed by atoms with Crippen LogP contribution in [0.25, 0.3) is 6.08 Å². The van der Waals surface area contributed by atoms with Crippen molar-refractivity contribution >= 4 is 56.5 Å². The molecule has 1 aliphatic heterocycles. The van der Waals surface area contributed by atoms with Crippen LogP contribution in [0.1, 0.15) is 11.1 Å². The maximum Gasteiger partial charge on any atom is 0.293 e. The summed E-state index contributed by atoms with van der Waals surface area (Å²) in [5.41, 5.74) is 1.43. The van der Waals surface area contributed by atoms with Gasteiger partial charge >= 0.3 is 0 Å². The van der Waals surface area contributed by atoms with Gasteiger partial charge in [-0.05, 0) is 65.9 Å². The number of benzene rings is 3. The largest absolute Gasteiger partial charge is 0.490 e. The van der Waals surface area contributed by atoms with Crippen LogP contribution in [0.15, 0.2) is 76.1 Å². The quantitative estimate of drug-likeness (QED) is 0.279. The molecule has 0 saturated carbocycles. The van der Waals surface area contributed by atoms with Crippen molar-refractivity contribution in [2.75, 3.05) is 13.2 Å². The van der Waals surface area contributed by atoms with Crippen LogP contribution in [0, 0.1) is 5.82 Å². The van der Waals surface area contributed by atoms with E-state index < -0.39 is 5.91 Å². The van der Waals surface area contributed by atoms with E-state index in [1.54, 1.807) is 54.6 Å². The molecule has 174 valence electrons. The molecule has 0 N–H and O–H groups in total. The predicted octanol–water partition coefficient (Wildman–Crippen LogP) is 6.94. The van der Waals surface area contributed by atoms with E-state index in [0.717, 1.165) is 26.7 Å². The zero-order valence-corrected chi connectivity index (χ0v) is 20.8. The van der Waals surface area contributed by atoms with Crippen LogP contribution in [0.3, 0.4) is 0 Å². The van der Waals surface area contributed by atoms with E-state index in [0.29, 0.717) is 22.1 Å². The molecule has 3 aromatic carbocycles. The van der Waals surface area contributed by atoms with Crippen molar-refractivity contribution < 1.29 is 23.5 Å². The third-order valence-corrected chi connectivity index (χ3v) is 6.56. The van der Waals surface area contributed by atoms with Crippen molar-refractivity contribution in [2.45, 2.75) is 6.61 Å². The summed E-state index contributed by atoms with van der Waals surface area (Å²) in [6.45, 7) is 0.446. The Morgan fingerprint density at radius 3 is 2.53 bits per heavy atom. The Kier molecular flexibility index (Phi) is 7.92. The minimum Gasteiger partial charge on any atom is -0.490 e. The Morgan fingerprint density at radius 1 is 1.00 bits per heavy atom. The minimum absolute atomic E-state index is 0.0969. The van der Waals surface area contributed by atoms with Gasteiger partial charge in [0.25, 0.3) is 11.1 Å². The maximum atomic E-state index is 13.1. The van der Waals surface area contributed by atoms with Gasteiger partial charge in [-0.1, -0.05) is 51.8 Å². The highest BCUT2D eigenvalue weighted by Gasteiger charge is 2.35. The summed E-state index contributed by atoms with van der Waals surface area (Å²) in [5, 5.41) is 0.0853. The van der Waals surface area contributed by atoms with Crippen LogP contribution < -0.4 is 9.47 Å². The average molecular weight is 563 g/mol. The molecule has 0 bridgehead atoms. The molecular weight excluding hydrogens is 545 g/mol. The Morgan fingerprint density at radius 2 is 1.76 bits per heavy atom. The number of amides is 2.